The monoisotopic (exact) mass is 433 g/mol. The van der Waals surface area contributed by atoms with E-state index in [1.165, 1.54) is 15.9 Å². The molecular formula is C8H6Br2ClN3O2S2. The lowest BCUT2D eigenvalue weighted by Crippen LogP contribution is -2.06. The molecule has 0 amide bonds. The standard InChI is InChI=1S/C8H6Br2ClN3O2S2/c1-2-14-7(4-3-5(9)17-6(4)10)12-13-8(14)18(11,15)16/h3H,2H2,1H3. The quantitative estimate of drug-likeness (QED) is 0.693. The van der Waals surface area contributed by atoms with E-state index in [4.69, 9.17) is 10.7 Å². The van der Waals surface area contributed by atoms with Crippen LogP contribution in [0.3, 0.4) is 0 Å². The summed E-state index contributed by atoms with van der Waals surface area (Å²) < 4.78 is 26.0. The van der Waals surface area contributed by atoms with Crippen LogP contribution in [0.4, 0.5) is 0 Å². The Morgan fingerprint density at radius 3 is 2.56 bits per heavy atom. The van der Waals surface area contributed by atoms with Gasteiger partial charge >= 0.3 is 0 Å². The maximum atomic E-state index is 11.4. The highest BCUT2D eigenvalue weighted by molar-refractivity contribution is 9.12. The Labute approximate surface area is 129 Å². The summed E-state index contributed by atoms with van der Waals surface area (Å²) in [5.74, 6) is 0.463. The third-order valence-electron chi connectivity index (χ3n) is 2.15. The molecule has 2 aromatic heterocycles. The maximum absolute atomic E-state index is 11.4. The molecule has 98 valence electrons. The largest absolute Gasteiger partial charge is 0.297 e. The van der Waals surface area contributed by atoms with E-state index in [1.807, 2.05) is 6.07 Å². The van der Waals surface area contributed by atoms with Crippen molar-refractivity contribution in [2.24, 2.45) is 0 Å². The Bertz CT molecular complexity index is 695. The van der Waals surface area contributed by atoms with Crippen molar-refractivity contribution in [2.45, 2.75) is 18.6 Å². The molecule has 0 saturated heterocycles. The van der Waals surface area contributed by atoms with Crippen LogP contribution >= 0.6 is 53.9 Å². The van der Waals surface area contributed by atoms with Crippen LogP contribution in [-0.2, 0) is 15.6 Å². The molecule has 0 aliphatic rings. The fourth-order valence-corrected chi connectivity index (χ4v) is 5.20. The molecule has 0 aliphatic heterocycles. The highest BCUT2D eigenvalue weighted by atomic mass is 79.9. The lowest BCUT2D eigenvalue weighted by atomic mass is 10.3. The first-order valence-corrected chi connectivity index (χ1v) is 9.38. The number of rotatable bonds is 3. The van der Waals surface area contributed by atoms with Crippen molar-refractivity contribution < 1.29 is 8.42 Å². The smallest absolute Gasteiger partial charge is 0.296 e. The van der Waals surface area contributed by atoms with Gasteiger partial charge in [0.1, 0.15) is 0 Å². The molecule has 0 atom stereocenters. The summed E-state index contributed by atoms with van der Waals surface area (Å²) in [7, 11) is 1.42. The summed E-state index contributed by atoms with van der Waals surface area (Å²) in [4.78, 5) is 0. The number of aromatic nitrogens is 3. The van der Waals surface area contributed by atoms with Gasteiger partial charge in [-0.15, -0.1) is 21.5 Å². The van der Waals surface area contributed by atoms with Gasteiger partial charge in [0, 0.05) is 22.8 Å². The zero-order chi connectivity index (χ0) is 13.5. The van der Waals surface area contributed by atoms with E-state index in [0.29, 0.717) is 12.4 Å². The molecule has 0 spiro atoms. The number of halogens is 3. The molecule has 2 aromatic rings. The van der Waals surface area contributed by atoms with Crippen LogP contribution in [0.2, 0.25) is 0 Å². The van der Waals surface area contributed by atoms with Gasteiger partial charge in [0.15, 0.2) is 5.82 Å². The van der Waals surface area contributed by atoms with Gasteiger partial charge in [0.25, 0.3) is 14.2 Å². The third-order valence-corrected chi connectivity index (χ3v) is 5.64. The summed E-state index contributed by atoms with van der Waals surface area (Å²) in [6.45, 7) is 2.21. The average Bonchev–Trinajstić information content (AvgIpc) is 2.79. The molecule has 0 N–H and O–H groups in total. The summed E-state index contributed by atoms with van der Waals surface area (Å²) >= 11 is 8.23. The Kier molecular flexibility index (Phi) is 4.17. The Hall–Kier alpha value is 0.0400. The fourth-order valence-electron chi connectivity index (χ4n) is 1.45. The van der Waals surface area contributed by atoms with Gasteiger partial charge in [-0.25, -0.2) is 8.42 Å². The minimum atomic E-state index is -3.90. The van der Waals surface area contributed by atoms with Gasteiger partial charge in [0.2, 0.25) is 0 Å². The van der Waals surface area contributed by atoms with Crippen LogP contribution < -0.4 is 0 Å². The van der Waals surface area contributed by atoms with E-state index in [9.17, 15) is 8.42 Å². The fraction of sp³-hybridized carbons (Fsp3) is 0.250. The normalized spacial score (nSPS) is 12.0. The van der Waals surface area contributed by atoms with Gasteiger partial charge in [0.05, 0.1) is 7.57 Å². The van der Waals surface area contributed by atoms with Crippen molar-refractivity contribution in [3.63, 3.8) is 0 Å². The predicted molar refractivity (Wildman–Crippen MR) is 77.4 cm³/mol. The van der Waals surface area contributed by atoms with Gasteiger partial charge in [-0.1, -0.05) is 0 Å². The summed E-state index contributed by atoms with van der Waals surface area (Å²) in [6, 6.07) is 1.84. The van der Waals surface area contributed by atoms with Gasteiger partial charge in [-0.3, -0.25) is 4.57 Å². The van der Waals surface area contributed by atoms with Crippen molar-refractivity contribution in [2.75, 3.05) is 0 Å². The number of nitrogens with zero attached hydrogens (tertiary/aromatic N) is 3. The van der Waals surface area contributed by atoms with Crippen molar-refractivity contribution in [3.05, 3.63) is 13.6 Å². The molecule has 0 bridgehead atoms. The molecule has 0 unspecified atom stereocenters. The topological polar surface area (TPSA) is 64.8 Å². The lowest BCUT2D eigenvalue weighted by Gasteiger charge is -2.04. The van der Waals surface area contributed by atoms with Crippen LogP contribution in [0.15, 0.2) is 18.8 Å². The van der Waals surface area contributed by atoms with Gasteiger partial charge < -0.3 is 0 Å². The van der Waals surface area contributed by atoms with E-state index >= 15 is 0 Å². The molecule has 18 heavy (non-hydrogen) atoms. The van der Waals surface area contributed by atoms with Crippen LogP contribution in [-0.4, -0.2) is 23.2 Å². The second kappa shape index (κ2) is 5.20. The third kappa shape index (κ3) is 2.64. The molecule has 2 heterocycles. The van der Waals surface area contributed by atoms with Crippen LogP contribution in [0.25, 0.3) is 11.4 Å². The number of thiophene rings is 1. The SMILES string of the molecule is CCn1c(-c2cc(Br)sc2Br)nnc1S(=O)(=O)Cl. The van der Waals surface area contributed by atoms with E-state index in [2.05, 4.69) is 42.1 Å². The summed E-state index contributed by atoms with van der Waals surface area (Å²) in [6.07, 6.45) is 0. The van der Waals surface area contributed by atoms with Crippen LogP contribution in [0, 0.1) is 0 Å². The van der Waals surface area contributed by atoms with E-state index in [0.717, 1.165) is 13.1 Å². The average molecular weight is 436 g/mol. The highest BCUT2D eigenvalue weighted by Gasteiger charge is 2.24. The molecule has 10 heteroatoms. The van der Waals surface area contributed by atoms with Crippen molar-refractivity contribution in [3.8, 4) is 11.4 Å². The Morgan fingerprint density at radius 2 is 2.11 bits per heavy atom. The minimum absolute atomic E-state index is 0.240. The Balaban J connectivity index is 2.67. The van der Waals surface area contributed by atoms with Gasteiger partial charge in [-0.05, 0) is 44.8 Å². The molecule has 0 radical (unpaired) electrons. The predicted octanol–water partition coefficient (Wildman–Crippen LogP) is 3.48. The first kappa shape index (κ1) is 14.4. The van der Waals surface area contributed by atoms with Gasteiger partial charge in [-0.2, -0.15) is 0 Å². The van der Waals surface area contributed by atoms with Crippen molar-refractivity contribution >= 4 is 62.9 Å². The molecule has 0 aliphatic carbocycles. The second-order valence-corrected chi connectivity index (χ2v) is 9.44. The molecule has 0 fully saturated rings. The van der Waals surface area contributed by atoms with Crippen LogP contribution in [0.1, 0.15) is 6.92 Å². The van der Waals surface area contributed by atoms with Crippen molar-refractivity contribution in [1.82, 2.24) is 14.8 Å². The van der Waals surface area contributed by atoms with Crippen molar-refractivity contribution in [1.29, 1.82) is 0 Å². The molecule has 5 nitrogen and oxygen atoms in total. The Morgan fingerprint density at radius 1 is 1.44 bits per heavy atom. The van der Waals surface area contributed by atoms with E-state index in [1.54, 1.807) is 6.92 Å². The van der Waals surface area contributed by atoms with E-state index in [-0.39, 0.29) is 5.16 Å². The summed E-state index contributed by atoms with van der Waals surface area (Å²) in [5.41, 5.74) is 0.771. The first-order chi connectivity index (χ1) is 8.34. The first-order valence-electron chi connectivity index (χ1n) is 4.67. The summed E-state index contributed by atoms with van der Waals surface area (Å²) in [5, 5.41) is 7.31. The minimum Gasteiger partial charge on any atom is -0.297 e. The molecule has 2 rings (SSSR count). The zero-order valence-electron chi connectivity index (χ0n) is 8.89. The maximum Gasteiger partial charge on any atom is 0.296 e. The molecule has 0 saturated carbocycles. The molecular weight excluding hydrogens is 430 g/mol. The van der Waals surface area contributed by atoms with Crippen LogP contribution in [0.5, 0.6) is 0 Å². The highest BCUT2D eigenvalue weighted by Crippen LogP contribution is 2.38. The number of hydrogen-bond acceptors (Lipinski definition) is 5. The molecule has 0 aromatic carbocycles. The second-order valence-electron chi connectivity index (χ2n) is 3.23. The van der Waals surface area contributed by atoms with E-state index < -0.39 is 9.05 Å². The lowest BCUT2D eigenvalue weighted by molar-refractivity contribution is 0.583. The zero-order valence-corrected chi connectivity index (χ0v) is 14.5. The number of hydrogen-bond donors (Lipinski definition) is 0.